The molecule has 3 rings (SSSR count). The van der Waals surface area contributed by atoms with Crippen LogP contribution in [0.15, 0.2) is 24.3 Å². The third kappa shape index (κ3) is 0.769. The highest BCUT2D eigenvalue weighted by atomic mass is 14.6. The van der Waals surface area contributed by atoms with E-state index in [0.717, 1.165) is 0 Å². The normalized spacial score (nSPS) is 40.8. The zero-order valence-corrected chi connectivity index (χ0v) is 8.43. The molecule has 0 spiro atoms. The summed E-state index contributed by atoms with van der Waals surface area (Å²) < 4.78 is 0. The zero-order chi connectivity index (χ0) is 9.10. The average molecular weight is 172 g/mol. The largest absolute Gasteiger partial charge is 0.0620 e. The SMILES string of the molecule is CC12CCC(C)(C1)c1ccccc12. The van der Waals surface area contributed by atoms with Crippen LogP contribution >= 0.6 is 0 Å². The van der Waals surface area contributed by atoms with E-state index in [4.69, 9.17) is 0 Å². The summed E-state index contributed by atoms with van der Waals surface area (Å²) in [5, 5.41) is 0. The molecule has 0 radical (unpaired) electrons. The molecule has 2 aliphatic carbocycles. The highest BCUT2D eigenvalue weighted by Crippen LogP contribution is 2.60. The molecule has 2 atom stereocenters. The minimum Gasteiger partial charge on any atom is -0.0620 e. The molecule has 68 valence electrons. The van der Waals surface area contributed by atoms with Crippen LogP contribution in [0.25, 0.3) is 0 Å². The van der Waals surface area contributed by atoms with Crippen molar-refractivity contribution in [3.05, 3.63) is 35.4 Å². The molecule has 1 aromatic rings. The molecule has 0 nitrogen and oxygen atoms in total. The molecule has 1 aromatic carbocycles. The Hall–Kier alpha value is -0.780. The van der Waals surface area contributed by atoms with Crippen molar-refractivity contribution < 1.29 is 0 Å². The smallest absolute Gasteiger partial charge is 0.00636 e. The molecule has 0 aromatic heterocycles. The maximum absolute atomic E-state index is 2.43. The Bertz CT molecular complexity index is 331. The first kappa shape index (κ1) is 7.61. The zero-order valence-electron chi connectivity index (χ0n) is 8.43. The van der Waals surface area contributed by atoms with Crippen LogP contribution < -0.4 is 0 Å². The average Bonchev–Trinajstić information content (AvgIpc) is 2.55. The minimum atomic E-state index is 0.505. The van der Waals surface area contributed by atoms with Gasteiger partial charge >= 0.3 is 0 Å². The van der Waals surface area contributed by atoms with Gasteiger partial charge in [0.05, 0.1) is 0 Å². The van der Waals surface area contributed by atoms with Crippen LogP contribution in [-0.4, -0.2) is 0 Å². The van der Waals surface area contributed by atoms with Crippen LogP contribution in [-0.2, 0) is 10.8 Å². The Balaban J connectivity index is 2.31. The van der Waals surface area contributed by atoms with Gasteiger partial charge in [0.1, 0.15) is 0 Å². The van der Waals surface area contributed by atoms with E-state index in [-0.39, 0.29) is 0 Å². The lowest BCUT2D eigenvalue weighted by atomic mass is 9.78. The Labute approximate surface area is 80.0 Å². The molecule has 2 unspecified atom stereocenters. The van der Waals surface area contributed by atoms with Gasteiger partial charge in [0.2, 0.25) is 0 Å². The van der Waals surface area contributed by atoms with E-state index in [9.17, 15) is 0 Å². The van der Waals surface area contributed by atoms with Crippen molar-refractivity contribution in [1.82, 2.24) is 0 Å². The molecule has 1 fully saturated rings. The molecular formula is C13H16. The third-order valence-corrected chi connectivity index (χ3v) is 4.24. The summed E-state index contributed by atoms with van der Waals surface area (Å²) in [5.74, 6) is 0. The van der Waals surface area contributed by atoms with Crippen LogP contribution in [0.3, 0.4) is 0 Å². The van der Waals surface area contributed by atoms with Crippen LogP contribution in [0.2, 0.25) is 0 Å². The van der Waals surface area contributed by atoms with E-state index in [2.05, 4.69) is 38.1 Å². The lowest BCUT2D eigenvalue weighted by Gasteiger charge is -2.26. The van der Waals surface area contributed by atoms with E-state index in [1.165, 1.54) is 19.3 Å². The van der Waals surface area contributed by atoms with Gasteiger partial charge in [0, 0.05) is 0 Å². The predicted molar refractivity (Wildman–Crippen MR) is 55.0 cm³/mol. The van der Waals surface area contributed by atoms with Gasteiger partial charge in [-0.05, 0) is 41.2 Å². The summed E-state index contributed by atoms with van der Waals surface area (Å²) in [6, 6.07) is 9.04. The maximum atomic E-state index is 2.43. The first-order valence-corrected chi connectivity index (χ1v) is 5.24. The van der Waals surface area contributed by atoms with Gasteiger partial charge in [-0.25, -0.2) is 0 Å². The van der Waals surface area contributed by atoms with E-state index in [1.807, 2.05) is 0 Å². The van der Waals surface area contributed by atoms with Gasteiger partial charge in [-0.2, -0.15) is 0 Å². The lowest BCUT2D eigenvalue weighted by Crippen LogP contribution is -2.17. The maximum Gasteiger partial charge on any atom is -0.00636 e. The van der Waals surface area contributed by atoms with Gasteiger partial charge in [-0.3, -0.25) is 0 Å². The summed E-state index contributed by atoms with van der Waals surface area (Å²) in [7, 11) is 0. The fourth-order valence-corrected chi connectivity index (χ4v) is 3.59. The highest BCUT2D eigenvalue weighted by Gasteiger charge is 2.52. The number of hydrogen-bond acceptors (Lipinski definition) is 0. The lowest BCUT2D eigenvalue weighted by molar-refractivity contribution is 0.484. The second-order valence-electron chi connectivity index (χ2n) is 5.34. The first-order valence-electron chi connectivity index (χ1n) is 5.24. The van der Waals surface area contributed by atoms with E-state index in [1.54, 1.807) is 11.1 Å². The van der Waals surface area contributed by atoms with Crippen molar-refractivity contribution in [3.8, 4) is 0 Å². The molecule has 2 bridgehead atoms. The topological polar surface area (TPSA) is 0 Å². The van der Waals surface area contributed by atoms with E-state index >= 15 is 0 Å². The van der Waals surface area contributed by atoms with Crippen molar-refractivity contribution in [2.75, 3.05) is 0 Å². The van der Waals surface area contributed by atoms with E-state index in [0.29, 0.717) is 10.8 Å². The summed E-state index contributed by atoms with van der Waals surface area (Å²) in [6.45, 7) is 4.87. The molecule has 0 N–H and O–H groups in total. The minimum absolute atomic E-state index is 0.505. The molecule has 0 saturated heterocycles. The second-order valence-corrected chi connectivity index (χ2v) is 5.34. The summed E-state index contributed by atoms with van der Waals surface area (Å²) >= 11 is 0. The van der Waals surface area contributed by atoms with Crippen molar-refractivity contribution in [2.45, 2.75) is 43.9 Å². The summed E-state index contributed by atoms with van der Waals surface area (Å²) in [6.07, 6.45) is 4.15. The van der Waals surface area contributed by atoms with Gasteiger partial charge in [0.15, 0.2) is 0 Å². The Morgan fingerprint density at radius 1 is 0.923 bits per heavy atom. The molecule has 2 aliphatic rings. The van der Waals surface area contributed by atoms with Gasteiger partial charge in [-0.15, -0.1) is 0 Å². The van der Waals surface area contributed by atoms with Crippen molar-refractivity contribution in [1.29, 1.82) is 0 Å². The number of benzene rings is 1. The van der Waals surface area contributed by atoms with Crippen LogP contribution in [0.4, 0.5) is 0 Å². The van der Waals surface area contributed by atoms with E-state index < -0.39 is 0 Å². The van der Waals surface area contributed by atoms with Crippen LogP contribution in [0, 0.1) is 0 Å². The Kier molecular flexibility index (Phi) is 1.17. The molecular weight excluding hydrogens is 156 g/mol. The van der Waals surface area contributed by atoms with Crippen molar-refractivity contribution in [2.24, 2.45) is 0 Å². The van der Waals surface area contributed by atoms with Gasteiger partial charge < -0.3 is 0 Å². The fourth-order valence-electron chi connectivity index (χ4n) is 3.59. The van der Waals surface area contributed by atoms with Gasteiger partial charge in [-0.1, -0.05) is 38.1 Å². The molecule has 13 heavy (non-hydrogen) atoms. The predicted octanol–water partition coefficient (Wildman–Crippen LogP) is 3.40. The van der Waals surface area contributed by atoms with Crippen molar-refractivity contribution in [3.63, 3.8) is 0 Å². The monoisotopic (exact) mass is 172 g/mol. The molecule has 1 saturated carbocycles. The number of rotatable bonds is 0. The standard InChI is InChI=1S/C13H16/c1-12-7-8-13(2,9-12)11-6-4-3-5-10(11)12/h3-6H,7-9H2,1-2H3. The van der Waals surface area contributed by atoms with Crippen LogP contribution in [0.1, 0.15) is 44.2 Å². The Morgan fingerprint density at radius 2 is 1.38 bits per heavy atom. The second kappa shape index (κ2) is 2.00. The third-order valence-electron chi connectivity index (χ3n) is 4.24. The first-order chi connectivity index (χ1) is 6.14. The quantitative estimate of drug-likeness (QED) is 0.562. The summed E-state index contributed by atoms with van der Waals surface area (Å²) in [4.78, 5) is 0. The fraction of sp³-hybridized carbons (Fsp3) is 0.538. The number of fused-ring (bicyclic) bond motifs is 5. The number of hydrogen-bond donors (Lipinski definition) is 0. The van der Waals surface area contributed by atoms with Gasteiger partial charge in [0.25, 0.3) is 0 Å². The van der Waals surface area contributed by atoms with Crippen molar-refractivity contribution >= 4 is 0 Å². The summed E-state index contributed by atoms with van der Waals surface area (Å²) in [5.41, 5.74) is 4.27. The molecule has 0 amide bonds. The highest BCUT2D eigenvalue weighted by molar-refractivity contribution is 5.48. The molecule has 0 heteroatoms. The molecule has 0 aliphatic heterocycles. The van der Waals surface area contributed by atoms with Crippen LogP contribution in [0.5, 0.6) is 0 Å². The Morgan fingerprint density at radius 3 is 1.85 bits per heavy atom. The molecule has 0 heterocycles.